The van der Waals surface area contributed by atoms with Gasteiger partial charge in [-0.2, -0.15) is 13.2 Å². The van der Waals surface area contributed by atoms with Crippen LogP contribution in [-0.2, 0) is 15.8 Å². The Balaban J connectivity index is 1.39. The molecule has 3 aromatic rings. The molecule has 2 heterocycles. The summed E-state index contributed by atoms with van der Waals surface area (Å²) in [5, 5.41) is 2.12. The molecule has 0 saturated heterocycles. The molecule has 1 N–H and O–H groups in total. The molecule has 186 valence electrons. The van der Waals surface area contributed by atoms with Crippen LogP contribution in [0.15, 0.2) is 65.6 Å². The Kier molecular flexibility index (Phi) is 6.48. The van der Waals surface area contributed by atoms with E-state index < -0.39 is 24.2 Å². The normalized spacial score (nSPS) is 16.9. The summed E-state index contributed by atoms with van der Waals surface area (Å²) >= 11 is 7.50. The summed E-state index contributed by atoms with van der Waals surface area (Å²) in [4.78, 5) is 28.3. The third kappa shape index (κ3) is 4.96. The molecule has 0 bridgehead atoms. The zero-order valence-corrected chi connectivity index (χ0v) is 20.0. The maximum Gasteiger partial charge on any atom is 0.416 e. The largest absolute Gasteiger partial charge is 0.454 e. The molecule has 1 atom stereocenters. The molecule has 2 aliphatic rings. The van der Waals surface area contributed by atoms with Crippen molar-refractivity contribution in [2.24, 2.45) is 0 Å². The average Bonchev–Trinajstić information content (AvgIpc) is 3.26. The van der Waals surface area contributed by atoms with E-state index in [4.69, 9.17) is 21.1 Å². The fraction of sp³-hybridized carbons (Fsp3) is 0.200. The summed E-state index contributed by atoms with van der Waals surface area (Å²) in [6.07, 6.45) is -4.50. The molecule has 0 spiro atoms. The molecular weight excluding hydrogens is 517 g/mol. The Bertz CT molecular complexity index is 1350. The molecule has 11 heteroatoms. The highest BCUT2D eigenvalue weighted by Gasteiger charge is 2.33. The van der Waals surface area contributed by atoms with Crippen LogP contribution in [0.4, 0.5) is 24.5 Å². The molecule has 3 aromatic carbocycles. The molecule has 6 nitrogen and oxygen atoms in total. The third-order valence-corrected chi connectivity index (χ3v) is 7.38. The number of alkyl halides is 3. The lowest BCUT2D eigenvalue weighted by Crippen LogP contribution is -2.38. The van der Waals surface area contributed by atoms with Crippen molar-refractivity contribution in [2.75, 3.05) is 23.6 Å². The van der Waals surface area contributed by atoms with Crippen molar-refractivity contribution in [3.05, 3.63) is 76.8 Å². The Hall–Kier alpha value is -3.37. The van der Waals surface area contributed by atoms with E-state index in [-0.39, 0.29) is 35.1 Å². The first kappa shape index (κ1) is 24.3. The number of amides is 2. The molecule has 0 aromatic heterocycles. The van der Waals surface area contributed by atoms with Gasteiger partial charge in [0.15, 0.2) is 11.5 Å². The van der Waals surface area contributed by atoms with Crippen LogP contribution < -0.4 is 19.7 Å². The highest BCUT2D eigenvalue weighted by Crippen LogP contribution is 2.47. The van der Waals surface area contributed by atoms with Crippen molar-refractivity contribution >= 4 is 46.6 Å². The Morgan fingerprint density at radius 2 is 1.86 bits per heavy atom. The summed E-state index contributed by atoms with van der Waals surface area (Å²) in [5.41, 5.74) is 0.288. The minimum atomic E-state index is -4.59. The van der Waals surface area contributed by atoms with Gasteiger partial charge in [0.05, 0.1) is 22.0 Å². The quantitative estimate of drug-likeness (QED) is 0.426. The Morgan fingerprint density at radius 3 is 2.67 bits per heavy atom. The lowest BCUT2D eigenvalue weighted by atomic mass is 10.1. The summed E-state index contributed by atoms with van der Waals surface area (Å²) in [7, 11) is 0. The molecule has 0 aliphatic carbocycles. The number of anilines is 2. The first-order chi connectivity index (χ1) is 17.2. The number of para-hydroxylation sites is 1. The molecule has 36 heavy (non-hydrogen) atoms. The van der Waals surface area contributed by atoms with Gasteiger partial charge in [0.25, 0.3) is 0 Å². The summed E-state index contributed by atoms with van der Waals surface area (Å²) in [6, 6.07) is 15.3. The first-order valence-corrected chi connectivity index (χ1v) is 12.1. The number of carbonyl (C=O) groups excluding carboxylic acids is 2. The number of carbonyl (C=O) groups is 2. The second kappa shape index (κ2) is 9.59. The van der Waals surface area contributed by atoms with Gasteiger partial charge in [-0.15, -0.1) is 11.8 Å². The van der Waals surface area contributed by atoms with Crippen LogP contribution in [-0.4, -0.2) is 25.2 Å². The van der Waals surface area contributed by atoms with E-state index in [1.165, 1.54) is 16.7 Å². The molecule has 1 unspecified atom stereocenters. The van der Waals surface area contributed by atoms with E-state index in [1.807, 2.05) is 24.3 Å². The number of thioether (sulfide) groups is 1. The van der Waals surface area contributed by atoms with Crippen LogP contribution in [0, 0.1) is 0 Å². The molecule has 2 amide bonds. The molecule has 0 saturated carbocycles. The number of benzene rings is 3. The van der Waals surface area contributed by atoms with Crippen molar-refractivity contribution in [1.82, 2.24) is 0 Å². The summed E-state index contributed by atoms with van der Waals surface area (Å²) < 4.78 is 50.1. The second-order valence-corrected chi connectivity index (χ2v) is 9.76. The van der Waals surface area contributed by atoms with Gasteiger partial charge < -0.3 is 19.7 Å². The maximum atomic E-state index is 13.3. The van der Waals surface area contributed by atoms with Gasteiger partial charge in [0.2, 0.25) is 18.6 Å². The smallest absolute Gasteiger partial charge is 0.416 e. The minimum absolute atomic E-state index is 0.0441. The topological polar surface area (TPSA) is 67.9 Å². The van der Waals surface area contributed by atoms with Crippen LogP contribution in [0.25, 0.3) is 0 Å². The number of hydrogen-bond donors (Lipinski definition) is 1. The van der Waals surface area contributed by atoms with Gasteiger partial charge in [-0.25, -0.2) is 0 Å². The standard InChI is InChI=1S/C25H18ClF3N2O4S/c26-16-7-6-15(25(27,28)29)10-17(16)30-23(32)12-31-18-3-1-2-4-21(18)36-22(11-24(31)33)14-5-8-19-20(9-14)35-13-34-19/h1-10,22H,11-13H2,(H,30,32). The van der Waals surface area contributed by atoms with Crippen LogP contribution in [0.1, 0.15) is 22.8 Å². The predicted molar refractivity (Wildman–Crippen MR) is 130 cm³/mol. The van der Waals surface area contributed by atoms with E-state index in [1.54, 1.807) is 18.2 Å². The van der Waals surface area contributed by atoms with Crippen LogP contribution in [0.2, 0.25) is 5.02 Å². The average molecular weight is 535 g/mol. The fourth-order valence-corrected chi connectivity index (χ4v) is 5.42. The van der Waals surface area contributed by atoms with Gasteiger partial charge in [0, 0.05) is 16.6 Å². The predicted octanol–water partition coefficient (Wildman–Crippen LogP) is 6.30. The van der Waals surface area contributed by atoms with E-state index in [9.17, 15) is 22.8 Å². The summed E-state index contributed by atoms with van der Waals surface area (Å²) in [5.74, 6) is 0.259. The van der Waals surface area contributed by atoms with Gasteiger partial charge >= 0.3 is 6.18 Å². The maximum absolute atomic E-state index is 13.3. The number of nitrogens with one attached hydrogen (secondary N) is 1. The van der Waals surface area contributed by atoms with Crippen LogP contribution >= 0.6 is 23.4 Å². The van der Waals surface area contributed by atoms with Crippen molar-refractivity contribution in [3.8, 4) is 11.5 Å². The Labute approximate surface area is 213 Å². The SMILES string of the molecule is O=C(CN1C(=O)CC(c2ccc3c(c2)OCO3)Sc2ccccc21)Nc1cc(C(F)(F)F)ccc1Cl. The van der Waals surface area contributed by atoms with E-state index >= 15 is 0 Å². The molecule has 0 radical (unpaired) electrons. The molecule has 0 fully saturated rings. The number of fused-ring (bicyclic) bond motifs is 2. The lowest BCUT2D eigenvalue weighted by molar-refractivity contribution is -0.137. The second-order valence-electron chi connectivity index (χ2n) is 8.11. The van der Waals surface area contributed by atoms with Gasteiger partial charge in [-0.3, -0.25) is 9.59 Å². The minimum Gasteiger partial charge on any atom is -0.454 e. The third-order valence-electron chi connectivity index (χ3n) is 5.72. The van der Waals surface area contributed by atoms with Crippen LogP contribution in [0.3, 0.4) is 0 Å². The zero-order valence-electron chi connectivity index (χ0n) is 18.5. The van der Waals surface area contributed by atoms with E-state index in [0.29, 0.717) is 17.2 Å². The highest BCUT2D eigenvalue weighted by atomic mass is 35.5. The van der Waals surface area contributed by atoms with Crippen molar-refractivity contribution in [2.45, 2.75) is 22.7 Å². The van der Waals surface area contributed by atoms with Gasteiger partial charge in [-0.05, 0) is 48.0 Å². The van der Waals surface area contributed by atoms with Crippen molar-refractivity contribution in [1.29, 1.82) is 0 Å². The lowest BCUT2D eigenvalue weighted by Gasteiger charge is -2.22. The molecule has 2 aliphatic heterocycles. The molecule has 5 rings (SSSR count). The monoisotopic (exact) mass is 534 g/mol. The van der Waals surface area contributed by atoms with Crippen molar-refractivity contribution in [3.63, 3.8) is 0 Å². The summed E-state index contributed by atoms with van der Waals surface area (Å²) in [6.45, 7) is -0.256. The number of ether oxygens (including phenoxy) is 2. The highest BCUT2D eigenvalue weighted by molar-refractivity contribution is 7.99. The molecular formula is C25H18ClF3N2O4S. The fourth-order valence-electron chi connectivity index (χ4n) is 3.98. The Morgan fingerprint density at radius 1 is 1.08 bits per heavy atom. The van der Waals surface area contributed by atoms with E-state index in [2.05, 4.69) is 5.32 Å². The number of rotatable bonds is 4. The number of nitrogens with zero attached hydrogens (tertiary/aromatic N) is 1. The number of halogens is 4. The number of hydrogen-bond acceptors (Lipinski definition) is 5. The first-order valence-electron chi connectivity index (χ1n) is 10.8. The van der Waals surface area contributed by atoms with Crippen LogP contribution in [0.5, 0.6) is 11.5 Å². The zero-order chi connectivity index (χ0) is 25.4. The van der Waals surface area contributed by atoms with Gasteiger partial charge in [-0.1, -0.05) is 29.8 Å². The van der Waals surface area contributed by atoms with E-state index in [0.717, 1.165) is 28.7 Å². The van der Waals surface area contributed by atoms with Crippen molar-refractivity contribution < 1.29 is 32.2 Å². The van der Waals surface area contributed by atoms with Gasteiger partial charge in [0.1, 0.15) is 6.54 Å².